The van der Waals surface area contributed by atoms with Gasteiger partial charge in [0.1, 0.15) is 24.1 Å². The van der Waals surface area contributed by atoms with Crippen LogP contribution in [-0.2, 0) is 12.5 Å². The van der Waals surface area contributed by atoms with E-state index < -0.39 is 7.91 Å². The number of halogens is 1. The normalized spacial score (nSPS) is 9.25. The molecule has 0 aliphatic heterocycles. The van der Waals surface area contributed by atoms with Gasteiger partial charge in [0.15, 0.2) is 10.8 Å². The molecular formula is C2HFLiN2O3PS2. The predicted molar refractivity (Wildman–Crippen MR) is 44.4 cm³/mol. The first-order valence-electron chi connectivity index (χ1n) is 1.91. The van der Waals surface area contributed by atoms with E-state index in [9.17, 15) is 8.76 Å². The quantitative estimate of drug-likeness (QED) is 0.309. The van der Waals surface area contributed by atoms with Crippen LogP contribution in [0.1, 0.15) is 0 Å². The molecule has 0 unspecified atom stereocenters. The van der Waals surface area contributed by atoms with Gasteiger partial charge in [-0.2, -0.15) is 18.5 Å². The van der Waals surface area contributed by atoms with Crippen LogP contribution in [0.4, 0.5) is 4.20 Å². The molecule has 62 valence electrons. The van der Waals surface area contributed by atoms with Gasteiger partial charge in [-0.15, -0.1) is 4.20 Å². The van der Waals surface area contributed by atoms with Crippen LogP contribution in [0.3, 0.4) is 0 Å². The molecule has 0 aliphatic rings. The van der Waals surface area contributed by atoms with Crippen molar-refractivity contribution in [2.24, 2.45) is 0 Å². The maximum atomic E-state index is 12.2. The molecule has 0 amide bonds. The summed E-state index contributed by atoms with van der Waals surface area (Å²) in [5, 5.41) is 18.3. The van der Waals surface area contributed by atoms with E-state index in [-0.39, 0.29) is 42.9 Å². The zero-order valence-electron chi connectivity index (χ0n) is 4.76. The molecule has 0 saturated heterocycles. The molecule has 0 aromatic rings. The molecule has 0 N–H and O–H groups in total. The molecule has 0 radical (unpaired) electrons. The average Bonchev–Trinajstić information content (AvgIpc) is 1.97. The number of thiocyanates is 2. The van der Waals surface area contributed by atoms with Gasteiger partial charge in [0.25, 0.3) is 0 Å². The molecule has 0 rings (SSSR count). The van der Waals surface area contributed by atoms with Crippen LogP contribution < -0.4 is 0 Å². The maximum absolute atomic E-state index is 12.2. The topological polar surface area (TPSA) is 83.1 Å². The van der Waals surface area contributed by atoms with Crippen molar-refractivity contribution in [1.29, 1.82) is 10.5 Å². The molecule has 10 heteroatoms. The van der Waals surface area contributed by atoms with Gasteiger partial charge in [-0.1, -0.05) is 0 Å². The molecule has 0 aliphatic carbocycles. The molecule has 0 spiro atoms. The summed E-state index contributed by atoms with van der Waals surface area (Å²) in [6, 6.07) is 0. The van der Waals surface area contributed by atoms with E-state index in [0.29, 0.717) is 0 Å². The van der Waals surface area contributed by atoms with Crippen LogP contribution in [0.2, 0.25) is 0 Å². The number of nitriles is 2. The number of rotatable bonds is 4. The summed E-state index contributed by atoms with van der Waals surface area (Å²) in [6.45, 7) is 0. The molecule has 0 aromatic carbocycles. The third kappa shape index (κ3) is 8.45. The summed E-state index contributed by atoms with van der Waals surface area (Å²) in [6.07, 6.45) is 0. The third-order valence-electron chi connectivity index (χ3n) is 0.327. The van der Waals surface area contributed by atoms with Gasteiger partial charge in [-0.3, -0.25) is 0 Å². The Morgan fingerprint density at radius 2 is 1.58 bits per heavy atom. The van der Waals surface area contributed by atoms with Gasteiger partial charge >= 0.3 is 26.8 Å². The van der Waals surface area contributed by atoms with Gasteiger partial charge in [0, 0.05) is 0 Å². The Morgan fingerprint density at radius 1 is 1.25 bits per heavy atom. The standard InChI is InChI=1S/C2FN2O3PS2.Li.H/c3-9(6,7-10-1-4)8-11-2-5;;. The van der Waals surface area contributed by atoms with E-state index in [4.69, 9.17) is 10.5 Å². The first-order chi connectivity index (χ1) is 5.12. The summed E-state index contributed by atoms with van der Waals surface area (Å²) in [4.78, 5) is 0. The first-order valence-corrected chi connectivity index (χ1v) is 4.82. The summed E-state index contributed by atoms with van der Waals surface area (Å²) in [7, 11) is -4.74. The van der Waals surface area contributed by atoms with Crippen LogP contribution in [0, 0.1) is 21.3 Å². The molecular weight excluding hydrogens is 221 g/mol. The van der Waals surface area contributed by atoms with Crippen LogP contribution in [0.25, 0.3) is 0 Å². The minimum absolute atomic E-state index is 0. The Hall–Kier alpha value is 0.357. The first kappa shape index (κ1) is 14.9. The second kappa shape index (κ2) is 7.98. The Bertz CT molecular complexity index is 230. The predicted octanol–water partition coefficient (Wildman–Crippen LogP) is 1.71. The molecule has 5 nitrogen and oxygen atoms in total. The van der Waals surface area contributed by atoms with Crippen LogP contribution in [0.5, 0.6) is 0 Å². The van der Waals surface area contributed by atoms with E-state index in [0.717, 1.165) is 0 Å². The SMILES string of the molecule is N#CSOP(=O)(F)OSC#N.[LiH]. The van der Waals surface area contributed by atoms with Crippen molar-refractivity contribution in [3.05, 3.63) is 0 Å². The number of hydrogen-bond acceptors (Lipinski definition) is 7. The van der Waals surface area contributed by atoms with Crippen molar-refractivity contribution in [1.82, 2.24) is 0 Å². The summed E-state index contributed by atoms with van der Waals surface area (Å²) < 4.78 is 30.0. The Kier molecular flexibility index (Phi) is 9.88. The van der Waals surface area contributed by atoms with E-state index in [1.165, 1.54) is 10.8 Å². The fraction of sp³-hybridized carbons (Fsp3) is 0. The van der Waals surface area contributed by atoms with Crippen LogP contribution in [0.15, 0.2) is 0 Å². The fourth-order valence-corrected chi connectivity index (χ4v) is 1.44. The average molecular weight is 222 g/mol. The zero-order chi connectivity index (χ0) is 8.74. The number of hydrogen-bond donors (Lipinski definition) is 0. The molecule has 0 bridgehead atoms. The van der Waals surface area contributed by atoms with Crippen molar-refractivity contribution in [2.45, 2.75) is 0 Å². The second-order valence-corrected chi connectivity index (χ2v) is 3.68. The van der Waals surface area contributed by atoms with Crippen molar-refractivity contribution >= 4 is 50.9 Å². The monoisotopic (exact) mass is 222 g/mol. The molecule has 12 heavy (non-hydrogen) atoms. The van der Waals surface area contributed by atoms with Gasteiger partial charge < -0.3 is 0 Å². The Labute approximate surface area is 88.8 Å². The van der Waals surface area contributed by atoms with E-state index in [1.54, 1.807) is 0 Å². The van der Waals surface area contributed by atoms with Crippen LogP contribution in [-0.4, -0.2) is 18.9 Å². The Balaban J connectivity index is 0. The third-order valence-corrected chi connectivity index (χ3v) is 2.50. The van der Waals surface area contributed by atoms with Crippen LogP contribution >= 0.6 is 32.0 Å². The van der Waals surface area contributed by atoms with Gasteiger partial charge in [-0.05, 0) is 0 Å². The molecule has 0 heterocycles. The minimum atomic E-state index is -4.74. The van der Waals surface area contributed by atoms with E-state index in [2.05, 4.69) is 7.94 Å². The molecule has 0 fully saturated rings. The number of nitrogens with zero attached hydrogens (tertiary/aromatic N) is 2. The van der Waals surface area contributed by atoms with Crippen molar-refractivity contribution in [2.75, 3.05) is 0 Å². The van der Waals surface area contributed by atoms with Crippen molar-refractivity contribution in [3.63, 3.8) is 0 Å². The Morgan fingerprint density at radius 3 is 1.83 bits per heavy atom. The fourth-order valence-electron chi connectivity index (χ4n) is 0.135. The second-order valence-electron chi connectivity index (χ2n) is 0.929. The van der Waals surface area contributed by atoms with E-state index >= 15 is 0 Å². The summed E-state index contributed by atoms with van der Waals surface area (Å²) >= 11 is -0.0296. The van der Waals surface area contributed by atoms with Gasteiger partial charge in [0.05, 0.1) is 0 Å². The zero-order valence-corrected chi connectivity index (χ0v) is 7.29. The van der Waals surface area contributed by atoms with Crippen molar-refractivity contribution < 1.29 is 16.7 Å². The van der Waals surface area contributed by atoms with E-state index in [1.807, 2.05) is 0 Å². The summed E-state index contributed by atoms with van der Waals surface area (Å²) in [5.41, 5.74) is 0. The molecule has 0 atom stereocenters. The summed E-state index contributed by atoms with van der Waals surface area (Å²) in [5.74, 6) is 0. The molecule has 0 saturated carbocycles. The van der Waals surface area contributed by atoms with Gasteiger partial charge in [0.2, 0.25) is 0 Å². The van der Waals surface area contributed by atoms with Crippen molar-refractivity contribution in [3.8, 4) is 10.8 Å². The van der Waals surface area contributed by atoms with Gasteiger partial charge in [-0.25, -0.2) is 4.57 Å². The molecule has 0 aromatic heterocycles.